The van der Waals surface area contributed by atoms with Gasteiger partial charge in [-0.2, -0.15) is 0 Å². The van der Waals surface area contributed by atoms with Crippen LogP contribution in [0.4, 0.5) is 0 Å². The Balaban J connectivity index is 2.08. The van der Waals surface area contributed by atoms with E-state index in [0.29, 0.717) is 0 Å². The zero-order valence-electron chi connectivity index (χ0n) is 9.71. The van der Waals surface area contributed by atoms with E-state index in [-0.39, 0.29) is 25.0 Å². The van der Waals surface area contributed by atoms with E-state index < -0.39 is 0 Å². The summed E-state index contributed by atoms with van der Waals surface area (Å²) in [6.07, 6.45) is 0.858. The van der Waals surface area contributed by atoms with Crippen molar-refractivity contribution in [1.29, 1.82) is 0 Å². The number of nitrogens with zero attached hydrogens (tertiary/aromatic N) is 1. The fourth-order valence-electron chi connectivity index (χ4n) is 2.89. The molecule has 17 heavy (non-hydrogen) atoms. The van der Waals surface area contributed by atoms with Crippen molar-refractivity contribution in [3.63, 3.8) is 0 Å². The van der Waals surface area contributed by atoms with Crippen LogP contribution in [0.5, 0.6) is 0 Å². The van der Waals surface area contributed by atoms with Crippen molar-refractivity contribution in [2.75, 3.05) is 13.2 Å². The molecule has 1 aromatic heterocycles. The molecule has 90 valence electrons. The summed E-state index contributed by atoms with van der Waals surface area (Å²) < 4.78 is 2.28. The summed E-state index contributed by atoms with van der Waals surface area (Å²) in [6, 6.07) is 10.5. The van der Waals surface area contributed by atoms with E-state index in [1.54, 1.807) is 0 Å². The fourth-order valence-corrected chi connectivity index (χ4v) is 2.89. The van der Waals surface area contributed by atoms with Gasteiger partial charge in [-0.05, 0) is 29.9 Å². The van der Waals surface area contributed by atoms with Gasteiger partial charge >= 0.3 is 0 Å². The molecule has 3 nitrogen and oxygen atoms in total. The summed E-state index contributed by atoms with van der Waals surface area (Å²) >= 11 is 0. The van der Waals surface area contributed by atoms with Crippen molar-refractivity contribution in [2.45, 2.75) is 13.0 Å². The van der Waals surface area contributed by atoms with E-state index in [2.05, 4.69) is 22.8 Å². The van der Waals surface area contributed by atoms with Crippen LogP contribution in [-0.4, -0.2) is 28.0 Å². The molecule has 0 saturated heterocycles. The van der Waals surface area contributed by atoms with Crippen LogP contribution in [0.25, 0.3) is 10.9 Å². The molecule has 0 saturated carbocycles. The zero-order valence-corrected chi connectivity index (χ0v) is 9.71. The van der Waals surface area contributed by atoms with Gasteiger partial charge in [0.15, 0.2) is 0 Å². The highest BCUT2D eigenvalue weighted by Gasteiger charge is 2.28. The highest BCUT2D eigenvalue weighted by molar-refractivity contribution is 5.81. The maximum atomic E-state index is 9.40. The second-order valence-corrected chi connectivity index (χ2v) is 4.89. The Bertz CT molecular complexity index is 532. The standard InChI is InChI=1S/C14H17NO2/c16-8-11-6-13-5-10-3-1-2-4-14(10)15(13)7-12(11)9-17/h1-5,11-12,16-17H,6-9H2. The molecular weight excluding hydrogens is 214 g/mol. The van der Waals surface area contributed by atoms with Crippen molar-refractivity contribution in [3.8, 4) is 0 Å². The van der Waals surface area contributed by atoms with Gasteiger partial charge < -0.3 is 14.8 Å². The molecule has 2 atom stereocenters. The molecule has 1 aromatic carbocycles. The average Bonchev–Trinajstić information content (AvgIpc) is 2.74. The van der Waals surface area contributed by atoms with Crippen LogP contribution in [0.1, 0.15) is 5.69 Å². The molecule has 0 radical (unpaired) electrons. The summed E-state index contributed by atoms with van der Waals surface area (Å²) in [5, 5.41) is 20.0. The van der Waals surface area contributed by atoms with Crippen LogP contribution >= 0.6 is 0 Å². The van der Waals surface area contributed by atoms with Crippen LogP contribution in [-0.2, 0) is 13.0 Å². The Morgan fingerprint density at radius 3 is 2.65 bits per heavy atom. The first-order valence-electron chi connectivity index (χ1n) is 6.12. The molecular formula is C14H17NO2. The summed E-state index contributed by atoms with van der Waals surface area (Å²) in [7, 11) is 0. The number of hydrogen-bond acceptors (Lipinski definition) is 2. The van der Waals surface area contributed by atoms with Gasteiger partial charge in [0.05, 0.1) is 0 Å². The molecule has 1 aliphatic heterocycles. The number of hydrogen-bond donors (Lipinski definition) is 2. The maximum Gasteiger partial charge on any atom is 0.0482 e. The number of aliphatic hydroxyl groups is 2. The van der Waals surface area contributed by atoms with E-state index >= 15 is 0 Å². The predicted octanol–water partition coefficient (Wildman–Crippen LogP) is 1.41. The van der Waals surface area contributed by atoms with Gasteiger partial charge in [0, 0.05) is 36.9 Å². The minimum atomic E-state index is 0.150. The lowest BCUT2D eigenvalue weighted by atomic mass is 9.86. The molecule has 1 aliphatic rings. The monoisotopic (exact) mass is 231 g/mol. The molecule has 2 aromatic rings. The van der Waals surface area contributed by atoms with Gasteiger partial charge in [-0.1, -0.05) is 18.2 Å². The predicted molar refractivity (Wildman–Crippen MR) is 66.8 cm³/mol. The summed E-state index contributed by atoms with van der Waals surface area (Å²) in [5.41, 5.74) is 2.51. The normalized spacial score (nSPS) is 23.9. The van der Waals surface area contributed by atoms with Crippen molar-refractivity contribution >= 4 is 10.9 Å². The molecule has 0 aliphatic carbocycles. The number of fused-ring (bicyclic) bond motifs is 3. The zero-order chi connectivity index (χ0) is 11.8. The highest BCUT2D eigenvalue weighted by atomic mass is 16.3. The number of aromatic nitrogens is 1. The first-order valence-corrected chi connectivity index (χ1v) is 6.12. The summed E-state index contributed by atoms with van der Waals surface area (Å²) in [5.74, 6) is 0.361. The largest absolute Gasteiger partial charge is 0.396 e. The molecule has 2 N–H and O–H groups in total. The van der Waals surface area contributed by atoms with Gasteiger partial charge in [0.2, 0.25) is 0 Å². The minimum Gasteiger partial charge on any atom is -0.396 e. The molecule has 0 fully saturated rings. The Hall–Kier alpha value is -1.32. The molecule has 3 rings (SSSR count). The molecule has 0 amide bonds. The van der Waals surface area contributed by atoms with Crippen molar-refractivity contribution in [2.24, 2.45) is 11.8 Å². The van der Waals surface area contributed by atoms with E-state index in [9.17, 15) is 10.2 Å². The van der Waals surface area contributed by atoms with Gasteiger partial charge in [-0.15, -0.1) is 0 Å². The number of rotatable bonds is 2. The van der Waals surface area contributed by atoms with Crippen molar-refractivity contribution in [1.82, 2.24) is 4.57 Å². The van der Waals surface area contributed by atoms with Gasteiger partial charge in [-0.25, -0.2) is 0 Å². The lowest BCUT2D eigenvalue weighted by Gasteiger charge is -2.31. The first-order chi connectivity index (χ1) is 8.33. The molecule has 0 spiro atoms. The Kier molecular flexibility index (Phi) is 2.65. The third-order valence-corrected chi connectivity index (χ3v) is 3.92. The lowest BCUT2D eigenvalue weighted by molar-refractivity contribution is 0.0950. The number of aliphatic hydroxyl groups excluding tert-OH is 2. The lowest BCUT2D eigenvalue weighted by Crippen LogP contribution is -2.33. The Morgan fingerprint density at radius 1 is 1.12 bits per heavy atom. The van der Waals surface area contributed by atoms with E-state index in [4.69, 9.17) is 0 Å². The molecule has 2 heterocycles. The maximum absolute atomic E-state index is 9.40. The topological polar surface area (TPSA) is 45.4 Å². The van der Waals surface area contributed by atoms with Crippen molar-refractivity contribution in [3.05, 3.63) is 36.0 Å². The quantitative estimate of drug-likeness (QED) is 0.821. The van der Waals surface area contributed by atoms with Crippen LogP contribution in [0, 0.1) is 11.8 Å². The molecule has 0 bridgehead atoms. The second-order valence-electron chi connectivity index (χ2n) is 4.89. The number of benzene rings is 1. The summed E-state index contributed by atoms with van der Waals surface area (Å²) in [4.78, 5) is 0. The van der Waals surface area contributed by atoms with E-state index in [0.717, 1.165) is 13.0 Å². The van der Waals surface area contributed by atoms with Crippen LogP contribution in [0.15, 0.2) is 30.3 Å². The highest BCUT2D eigenvalue weighted by Crippen LogP contribution is 2.30. The van der Waals surface area contributed by atoms with Gasteiger partial charge in [0.25, 0.3) is 0 Å². The SMILES string of the molecule is OCC1Cc2cc3ccccc3n2CC1CO. The van der Waals surface area contributed by atoms with Crippen LogP contribution in [0.3, 0.4) is 0 Å². The fraction of sp³-hybridized carbons (Fsp3) is 0.429. The van der Waals surface area contributed by atoms with Crippen LogP contribution < -0.4 is 0 Å². The third-order valence-electron chi connectivity index (χ3n) is 3.92. The smallest absolute Gasteiger partial charge is 0.0482 e. The average molecular weight is 231 g/mol. The second kappa shape index (κ2) is 4.17. The van der Waals surface area contributed by atoms with Gasteiger partial charge in [0.1, 0.15) is 0 Å². The molecule has 3 heteroatoms. The van der Waals surface area contributed by atoms with E-state index in [1.165, 1.54) is 16.6 Å². The summed E-state index contributed by atoms with van der Waals surface area (Å²) in [6.45, 7) is 1.12. The van der Waals surface area contributed by atoms with Crippen molar-refractivity contribution < 1.29 is 10.2 Å². The van der Waals surface area contributed by atoms with Gasteiger partial charge in [-0.3, -0.25) is 0 Å². The Labute approximate surface area is 100 Å². The van der Waals surface area contributed by atoms with Crippen LogP contribution in [0.2, 0.25) is 0 Å². The Morgan fingerprint density at radius 2 is 1.88 bits per heavy atom. The third kappa shape index (κ3) is 1.66. The van der Waals surface area contributed by atoms with E-state index in [1.807, 2.05) is 12.1 Å². The minimum absolute atomic E-state index is 0.150. The first kappa shape index (κ1) is 10.8. The molecule has 2 unspecified atom stereocenters. The number of para-hydroxylation sites is 1.